The summed E-state index contributed by atoms with van der Waals surface area (Å²) in [5.74, 6) is 1.96. The van der Waals surface area contributed by atoms with E-state index < -0.39 is 0 Å². The van der Waals surface area contributed by atoms with E-state index in [1.54, 1.807) is 0 Å². The van der Waals surface area contributed by atoms with Crippen molar-refractivity contribution in [2.24, 2.45) is 0 Å². The molecule has 5 nitrogen and oxygen atoms in total. The van der Waals surface area contributed by atoms with Gasteiger partial charge in [0.2, 0.25) is 0 Å². The molecular weight excluding hydrogens is 635 g/mol. The molecule has 0 fully saturated rings. The zero-order valence-corrected chi connectivity index (χ0v) is 28.8. The van der Waals surface area contributed by atoms with Crippen molar-refractivity contribution in [3.8, 4) is 45.5 Å². The van der Waals surface area contributed by atoms with Crippen LogP contribution in [-0.4, -0.2) is 24.1 Å². The molecule has 3 aromatic heterocycles. The van der Waals surface area contributed by atoms with Crippen molar-refractivity contribution in [1.29, 1.82) is 0 Å². The topological polar surface area (TPSA) is 48.5 Å². The zero-order valence-electron chi connectivity index (χ0n) is 28.8. The van der Waals surface area contributed by atoms with Crippen LogP contribution in [-0.2, 0) is 0 Å². The molecule has 0 radical (unpaired) electrons. The summed E-state index contributed by atoms with van der Waals surface area (Å²) in [6, 6.07) is 58.1. The maximum Gasteiger partial charge on any atom is 0.164 e. The van der Waals surface area contributed by atoms with Crippen molar-refractivity contribution in [3.63, 3.8) is 0 Å². The van der Waals surface area contributed by atoms with Crippen LogP contribution in [0.15, 0.2) is 164 Å². The van der Waals surface area contributed by atoms with E-state index in [2.05, 4.69) is 187 Å². The average Bonchev–Trinajstić information content (AvgIpc) is 3.71. The van der Waals surface area contributed by atoms with Crippen LogP contribution in [0.1, 0.15) is 11.1 Å². The third-order valence-corrected chi connectivity index (χ3v) is 10.1. The molecule has 7 aromatic carbocycles. The van der Waals surface area contributed by atoms with E-state index >= 15 is 0 Å². The first kappa shape index (κ1) is 30.0. The lowest BCUT2D eigenvalue weighted by molar-refractivity contribution is 1.07. The van der Waals surface area contributed by atoms with Gasteiger partial charge in [-0.25, -0.2) is 15.0 Å². The molecule has 0 atom stereocenters. The van der Waals surface area contributed by atoms with Gasteiger partial charge in [-0.15, -0.1) is 0 Å². The molecule has 0 spiro atoms. The summed E-state index contributed by atoms with van der Waals surface area (Å²) in [5, 5.41) is 4.95. The molecule has 0 bridgehead atoms. The quantitative estimate of drug-likeness (QED) is 0.184. The van der Waals surface area contributed by atoms with Gasteiger partial charge in [0.15, 0.2) is 17.5 Å². The highest BCUT2D eigenvalue weighted by Crippen LogP contribution is 2.37. The van der Waals surface area contributed by atoms with E-state index in [4.69, 9.17) is 15.0 Å². The van der Waals surface area contributed by atoms with Gasteiger partial charge in [0.1, 0.15) is 0 Å². The molecule has 3 heterocycles. The van der Waals surface area contributed by atoms with Crippen LogP contribution >= 0.6 is 0 Å². The smallest absolute Gasteiger partial charge is 0.164 e. The number of aromatic nitrogens is 5. The molecule has 0 saturated heterocycles. The maximum atomic E-state index is 4.98. The van der Waals surface area contributed by atoms with Crippen LogP contribution in [0.2, 0.25) is 0 Å². The summed E-state index contributed by atoms with van der Waals surface area (Å²) in [7, 11) is 0. The molecule has 0 aliphatic carbocycles. The zero-order chi connectivity index (χ0) is 34.8. The van der Waals surface area contributed by atoms with E-state index in [0.717, 1.165) is 39.1 Å². The van der Waals surface area contributed by atoms with Gasteiger partial charge in [0, 0.05) is 49.6 Å². The SMILES string of the molecule is Cc1ccc(-c2nc(-c3ccc(C)cc3)nc(-c3ccc(-n4c5ccccc5c5cc(-n6c7ccccc7c7ccccc76)ccc54)cc3)n2)cc1. The fourth-order valence-electron chi connectivity index (χ4n) is 7.51. The Labute approximate surface area is 301 Å². The Morgan fingerprint density at radius 1 is 0.327 bits per heavy atom. The Hall–Kier alpha value is -6.85. The Morgan fingerprint density at radius 3 is 1.13 bits per heavy atom. The number of nitrogens with zero attached hydrogens (tertiary/aromatic N) is 5. The van der Waals surface area contributed by atoms with Gasteiger partial charge in [0.05, 0.1) is 22.1 Å². The number of benzene rings is 7. The Balaban J connectivity index is 1.10. The molecule has 0 aliphatic rings. The second-order valence-electron chi connectivity index (χ2n) is 13.5. The van der Waals surface area contributed by atoms with Gasteiger partial charge in [-0.05, 0) is 74.5 Å². The summed E-state index contributed by atoms with van der Waals surface area (Å²) in [6.07, 6.45) is 0. The summed E-state index contributed by atoms with van der Waals surface area (Å²) in [5.41, 5.74) is 12.2. The number of hydrogen-bond donors (Lipinski definition) is 0. The molecule has 10 aromatic rings. The molecule has 0 saturated carbocycles. The fraction of sp³-hybridized carbons (Fsp3) is 0.0426. The van der Waals surface area contributed by atoms with E-state index in [1.165, 1.54) is 43.7 Å². The third kappa shape index (κ3) is 4.89. The molecule has 52 heavy (non-hydrogen) atoms. The van der Waals surface area contributed by atoms with Crippen molar-refractivity contribution in [2.45, 2.75) is 13.8 Å². The number of aryl methyl sites for hydroxylation is 2. The lowest BCUT2D eigenvalue weighted by Gasteiger charge is -2.12. The van der Waals surface area contributed by atoms with Crippen molar-refractivity contribution in [3.05, 3.63) is 175 Å². The third-order valence-electron chi connectivity index (χ3n) is 10.1. The summed E-state index contributed by atoms with van der Waals surface area (Å²) in [6.45, 7) is 4.17. The molecule has 5 heteroatoms. The van der Waals surface area contributed by atoms with E-state index in [-0.39, 0.29) is 0 Å². The van der Waals surface area contributed by atoms with Crippen LogP contribution in [0.25, 0.3) is 89.2 Å². The molecule has 0 N–H and O–H groups in total. The fourth-order valence-corrected chi connectivity index (χ4v) is 7.51. The minimum absolute atomic E-state index is 0.644. The number of rotatable bonds is 5. The Morgan fingerprint density at radius 2 is 0.673 bits per heavy atom. The molecule has 246 valence electrons. The standard InChI is InChI=1S/C47H33N5/c1-30-15-19-32(20-16-30)45-48-46(33-21-17-31(2)18-22-33)50-47(49-45)34-23-25-35(26-24-34)51-43-14-8-5-11-39(43)40-29-36(27-28-44(40)51)52-41-12-6-3-9-37(41)38-10-4-7-13-42(38)52/h3-29H,1-2H3. The first-order chi connectivity index (χ1) is 25.6. The van der Waals surface area contributed by atoms with Gasteiger partial charge >= 0.3 is 0 Å². The van der Waals surface area contributed by atoms with Gasteiger partial charge in [-0.1, -0.05) is 114 Å². The first-order valence-electron chi connectivity index (χ1n) is 17.6. The summed E-state index contributed by atoms with van der Waals surface area (Å²) < 4.78 is 4.74. The van der Waals surface area contributed by atoms with Crippen molar-refractivity contribution in [1.82, 2.24) is 24.1 Å². The second-order valence-corrected chi connectivity index (χ2v) is 13.5. The molecular formula is C47H33N5. The van der Waals surface area contributed by atoms with Crippen LogP contribution < -0.4 is 0 Å². The predicted octanol–water partition coefficient (Wildman–Crippen LogP) is 11.7. The number of hydrogen-bond acceptors (Lipinski definition) is 3. The summed E-state index contributed by atoms with van der Waals surface area (Å²) in [4.78, 5) is 14.9. The van der Waals surface area contributed by atoms with Gasteiger partial charge in [-0.3, -0.25) is 0 Å². The highest BCUT2D eigenvalue weighted by atomic mass is 15.0. The van der Waals surface area contributed by atoms with E-state index in [1.807, 2.05) is 0 Å². The van der Waals surface area contributed by atoms with Crippen molar-refractivity contribution in [2.75, 3.05) is 0 Å². The lowest BCUT2D eigenvalue weighted by atomic mass is 10.1. The number of fused-ring (bicyclic) bond motifs is 6. The first-order valence-corrected chi connectivity index (χ1v) is 17.6. The largest absolute Gasteiger partial charge is 0.309 e. The van der Waals surface area contributed by atoms with Crippen molar-refractivity contribution < 1.29 is 0 Å². The van der Waals surface area contributed by atoms with E-state index in [9.17, 15) is 0 Å². The minimum Gasteiger partial charge on any atom is -0.309 e. The second kappa shape index (κ2) is 11.9. The van der Waals surface area contributed by atoms with Crippen LogP contribution in [0, 0.1) is 13.8 Å². The number of para-hydroxylation sites is 3. The van der Waals surface area contributed by atoms with Crippen LogP contribution in [0.4, 0.5) is 0 Å². The normalized spacial score (nSPS) is 11.7. The van der Waals surface area contributed by atoms with Gasteiger partial charge in [-0.2, -0.15) is 0 Å². The monoisotopic (exact) mass is 667 g/mol. The van der Waals surface area contributed by atoms with Crippen LogP contribution in [0.3, 0.4) is 0 Å². The van der Waals surface area contributed by atoms with Gasteiger partial charge < -0.3 is 9.13 Å². The molecule has 0 amide bonds. The van der Waals surface area contributed by atoms with Gasteiger partial charge in [0.25, 0.3) is 0 Å². The highest BCUT2D eigenvalue weighted by Gasteiger charge is 2.17. The average molecular weight is 668 g/mol. The highest BCUT2D eigenvalue weighted by molar-refractivity contribution is 6.12. The minimum atomic E-state index is 0.644. The lowest BCUT2D eigenvalue weighted by Crippen LogP contribution is -2.00. The Kier molecular flexibility index (Phi) is 6.86. The molecule has 0 unspecified atom stereocenters. The molecule has 0 aliphatic heterocycles. The Bertz CT molecular complexity index is 2830. The van der Waals surface area contributed by atoms with Crippen molar-refractivity contribution >= 4 is 43.6 Å². The molecule has 10 rings (SSSR count). The summed E-state index contributed by atoms with van der Waals surface area (Å²) >= 11 is 0. The maximum absolute atomic E-state index is 4.98. The van der Waals surface area contributed by atoms with Crippen LogP contribution in [0.5, 0.6) is 0 Å². The predicted molar refractivity (Wildman–Crippen MR) is 214 cm³/mol. The van der Waals surface area contributed by atoms with E-state index in [0.29, 0.717) is 17.5 Å².